The molecule has 4 nitrogen and oxygen atoms in total. The van der Waals surface area contributed by atoms with Crippen LogP contribution in [0.5, 0.6) is 0 Å². The number of rotatable bonds is 4. The Balaban J connectivity index is 2.05. The number of carbonyl (C=O) groups excluding carboxylic acids is 2. The van der Waals surface area contributed by atoms with Gasteiger partial charge in [-0.2, -0.15) is 0 Å². The second-order valence-electron chi connectivity index (χ2n) is 4.28. The average Bonchev–Trinajstić information content (AvgIpc) is 2.72. The molecule has 4 heteroatoms. The third kappa shape index (κ3) is 2.88. The second kappa shape index (κ2) is 5.67. The molecule has 0 aliphatic carbocycles. The van der Waals surface area contributed by atoms with Gasteiger partial charge in [0.1, 0.15) is 12.0 Å². The maximum atomic E-state index is 11.7. The third-order valence-corrected chi connectivity index (χ3v) is 2.99. The predicted molar refractivity (Wildman–Crippen MR) is 64.8 cm³/mol. The van der Waals surface area contributed by atoms with Crippen LogP contribution in [0.2, 0.25) is 0 Å². The van der Waals surface area contributed by atoms with E-state index in [2.05, 4.69) is 0 Å². The Morgan fingerprint density at radius 2 is 2.11 bits per heavy atom. The largest absolute Gasteiger partial charge is 0.466 e. The van der Waals surface area contributed by atoms with Crippen molar-refractivity contribution in [1.29, 1.82) is 0 Å². The molecule has 2 atom stereocenters. The molecule has 0 bridgehead atoms. The van der Waals surface area contributed by atoms with E-state index in [-0.39, 0.29) is 18.4 Å². The van der Waals surface area contributed by atoms with Gasteiger partial charge in [0, 0.05) is 6.42 Å². The summed E-state index contributed by atoms with van der Waals surface area (Å²) in [5.41, 5.74) is 1.05. The Kier molecular flexibility index (Phi) is 3.97. The molecule has 1 aliphatic heterocycles. The van der Waals surface area contributed by atoms with Crippen molar-refractivity contribution in [2.75, 3.05) is 6.61 Å². The highest BCUT2D eigenvalue weighted by Crippen LogP contribution is 2.26. The first-order chi connectivity index (χ1) is 8.70. The lowest BCUT2D eigenvalue weighted by Gasteiger charge is -2.16. The van der Waals surface area contributed by atoms with E-state index >= 15 is 0 Å². The number of esters is 2. The number of carbonyl (C=O) groups is 2. The van der Waals surface area contributed by atoms with Crippen molar-refractivity contribution in [3.05, 3.63) is 35.9 Å². The summed E-state index contributed by atoms with van der Waals surface area (Å²) in [6.07, 6.45) is 0.269. The van der Waals surface area contributed by atoms with Crippen LogP contribution in [-0.2, 0) is 25.5 Å². The predicted octanol–water partition coefficient (Wildman–Crippen LogP) is 1.72. The lowest BCUT2D eigenvalue weighted by Crippen LogP contribution is -2.28. The van der Waals surface area contributed by atoms with Crippen LogP contribution in [0.3, 0.4) is 0 Å². The summed E-state index contributed by atoms with van der Waals surface area (Å²) in [5, 5.41) is 0. The van der Waals surface area contributed by atoms with E-state index in [1.54, 1.807) is 6.92 Å². The average molecular weight is 248 g/mol. The van der Waals surface area contributed by atoms with Crippen LogP contribution in [0.4, 0.5) is 0 Å². The molecular weight excluding hydrogens is 232 g/mol. The summed E-state index contributed by atoms with van der Waals surface area (Å²) < 4.78 is 10.2. The van der Waals surface area contributed by atoms with Gasteiger partial charge in [-0.3, -0.25) is 9.59 Å². The minimum absolute atomic E-state index is 0.121. The quantitative estimate of drug-likeness (QED) is 0.761. The van der Waals surface area contributed by atoms with Gasteiger partial charge in [0.15, 0.2) is 0 Å². The highest BCUT2D eigenvalue weighted by atomic mass is 16.6. The van der Waals surface area contributed by atoms with Crippen molar-refractivity contribution in [1.82, 2.24) is 0 Å². The Labute approximate surface area is 106 Å². The van der Waals surface area contributed by atoms with Crippen molar-refractivity contribution in [3.8, 4) is 0 Å². The molecule has 0 amide bonds. The summed E-state index contributed by atoms with van der Waals surface area (Å²) in [6, 6.07) is 9.67. The summed E-state index contributed by atoms with van der Waals surface area (Å²) in [6.45, 7) is 2.07. The Morgan fingerprint density at radius 3 is 2.78 bits per heavy atom. The first-order valence-electron chi connectivity index (χ1n) is 6.10. The zero-order valence-corrected chi connectivity index (χ0v) is 10.3. The van der Waals surface area contributed by atoms with E-state index in [1.807, 2.05) is 30.3 Å². The molecule has 1 aromatic rings. The standard InChI is InChI=1S/C14H16O4/c1-2-17-14(16)11-9-13(15)18-12(11)8-10-6-4-3-5-7-10/h3-7,11-12H,2,8-9H2,1H3/t11-,12-/m1/s1. The Bertz CT molecular complexity index is 427. The Morgan fingerprint density at radius 1 is 1.39 bits per heavy atom. The van der Waals surface area contributed by atoms with Crippen molar-refractivity contribution in [2.45, 2.75) is 25.9 Å². The van der Waals surface area contributed by atoms with Gasteiger partial charge in [-0.15, -0.1) is 0 Å². The fraction of sp³-hybridized carbons (Fsp3) is 0.429. The molecule has 18 heavy (non-hydrogen) atoms. The van der Waals surface area contributed by atoms with Gasteiger partial charge < -0.3 is 9.47 Å². The topological polar surface area (TPSA) is 52.6 Å². The SMILES string of the molecule is CCOC(=O)[C@@H]1CC(=O)O[C@@H]1Cc1ccccc1. The minimum Gasteiger partial charge on any atom is -0.466 e. The van der Waals surface area contributed by atoms with Crippen LogP contribution in [0.1, 0.15) is 18.9 Å². The second-order valence-corrected chi connectivity index (χ2v) is 4.28. The molecule has 1 saturated heterocycles. The van der Waals surface area contributed by atoms with Crippen LogP contribution in [0.25, 0.3) is 0 Å². The lowest BCUT2D eigenvalue weighted by molar-refractivity contribution is -0.150. The number of hydrogen-bond acceptors (Lipinski definition) is 4. The van der Waals surface area contributed by atoms with Crippen LogP contribution in [0.15, 0.2) is 30.3 Å². The smallest absolute Gasteiger partial charge is 0.313 e. The highest BCUT2D eigenvalue weighted by molar-refractivity contribution is 5.83. The van der Waals surface area contributed by atoms with Gasteiger partial charge in [0.25, 0.3) is 0 Å². The molecule has 1 fully saturated rings. The van der Waals surface area contributed by atoms with E-state index in [1.165, 1.54) is 0 Å². The molecule has 0 saturated carbocycles. The van der Waals surface area contributed by atoms with Crippen LogP contribution in [-0.4, -0.2) is 24.6 Å². The zero-order valence-electron chi connectivity index (χ0n) is 10.3. The number of hydrogen-bond donors (Lipinski definition) is 0. The van der Waals surface area contributed by atoms with Crippen LogP contribution in [0, 0.1) is 5.92 Å². The van der Waals surface area contributed by atoms with Crippen molar-refractivity contribution >= 4 is 11.9 Å². The highest BCUT2D eigenvalue weighted by Gasteiger charge is 2.40. The molecule has 1 heterocycles. The molecule has 2 rings (SSSR count). The van der Waals surface area contributed by atoms with E-state index in [0.29, 0.717) is 13.0 Å². The van der Waals surface area contributed by atoms with Gasteiger partial charge >= 0.3 is 11.9 Å². The van der Waals surface area contributed by atoms with Crippen molar-refractivity contribution in [2.24, 2.45) is 5.92 Å². The summed E-state index contributed by atoms with van der Waals surface area (Å²) >= 11 is 0. The van der Waals surface area contributed by atoms with Gasteiger partial charge in [-0.25, -0.2) is 0 Å². The molecule has 0 spiro atoms. The molecule has 1 aromatic carbocycles. The maximum Gasteiger partial charge on any atom is 0.313 e. The van der Waals surface area contributed by atoms with E-state index in [4.69, 9.17) is 9.47 Å². The number of cyclic esters (lactones) is 1. The monoisotopic (exact) mass is 248 g/mol. The third-order valence-electron chi connectivity index (χ3n) is 2.99. The number of benzene rings is 1. The molecule has 1 aliphatic rings. The maximum absolute atomic E-state index is 11.7. The van der Waals surface area contributed by atoms with Gasteiger partial charge in [-0.05, 0) is 12.5 Å². The first-order valence-corrected chi connectivity index (χ1v) is 6.10. The molecule has 0 radical (unpaired) electrons. The first kappa shape index (κ1) is 12.6. The minimum atomic E-state index is -0.474. The summed E-state index contributed by atoms with van der Waals surface area (Å²) in [7, 11) is 0. The van der Waals surface area contributed by atoms with Gasteiger partial charge in [-0.1, -0.05) is 30.3 Å². The van der Waals surface area contributed by atoms with Crippen molar-refractivity contribution < 1.29 is 19.1 Å². The fourth-order valence-corrected chi connectivity index (χ4v) is 2.12. The van der Waals surface area contributed by atoms with Crippen molar-refractivity contribution in [3.63, 3.8) is 0 Å². The normalized spacial score (nSPS) is 22.6. The zero-order chi connectivity index (χ0) is 13.0. The van der Waals surface area contributed by atoms with Crippen LogP contribution >= 0.6 is 0 Å². The van der Waals surface area contributed by atoms with E-state index in [9.17, 15) is 9.59 Å². The van der Waals surface area contributed by atoms with Crippen LogP contribution < -0.4 is 0 Å². The summed E-state index contributed by atoms with van der Waals surface area (Å²) in [5.74, 6) is -1.14. The molecule has 96 valence electrons. The molecule has 0 N–H and O–H groups in total. The number of ether oxygens (including phenoxy) is 2. The molecule has 0 unspecified atom stereocenters. The molecular formula is C14H16O4. The van der Waals surface area contributed by atoms with E-state index < -0.39 is 12.0 Å². The molecule has 0 aromatic heterocycles. The lowest BCUT2D eigenvalue weighted by atomic mass is 9.96. The van der Waals surface area contributed by atoms with Gasteiger partial charge in [0.05, 0.1) is 13.0 Å². The fourth-order valence-electron chi connectivity index (χ4n) is 2.12. The van der Waals surface area contributed by atoms with E-state index in [0.717, 1.165) is 5.56 Å². The summed E-state index contributed by atoms with van der Waals surface area (Å²) in [4.78, 5) is 23.1. The Hall–Kier alpha value is -1.84. The van der Waals surface area contributed by atoms with Gasteiger partial charge in [0.2, 0.25) is 0 Å².